The first-order valence-corrected chi connectivity index (χ1v) is 8.40. The average molecular weight is 271 g/mol. The molecule has 0 saturated carbocycles. The van der Waals surface area contributed by atoms with Gasteiger partial charge >= 0.3 is 0 Å². The van der Waals surface area contributed by atoms with E-state index in [1.807, 2.05) is 0 Å². The molecule has 1 unspecified atom stereocenters. The number of hydrogen-bond acceptors (Lipinski definition) is 2. The van der Waals surface area contributed by atoms with Crippen molar-refractivity contribution in [2.24, 2.45) is 0 Å². The number of rotatable bonds is 15. The van der Waals surface area contributed by atoms with Crippen molar-refractivity contribution >= 4 is 0 Å². The van der Waals surface area contributed by atoms with Crippen LogP contribution in [0.3, 0.4) is 0 Å². The molecule has 19 heavy (non-hydrogen) atoms. The molecule has 0 saturated heterocycles. The Morgan fingerprint density at radius 3 is 1.63 bits per heavy atom. The molecule has 0 heterocycles. The van der Waals surface area contributed by atoms with E-state index < -0.39 is 6.29 Å². The molecule has 0 amide bonds. The molecule has 1 N–H and O–H groups in total. The predicted molar refractivity (Wildman–Crippen MR) is 83.0 cm³/mol. The quantitative estimate of drug-likeness (QED) is 0.326. The summed E-state index contributed by atoms with van der Waals surface area (Å²) in [7, 11) is 0. The summed E-state index contributed by atoms with van der Waals surface area (Å²) in [4.78, 5) is 0. The van der Waals surface area contributed by atoms with E-state index in [-0.39, 0.29) is 0 Å². The summed E-state index contributed by atoms with van der Waals surface area (Å²) in [5, 5.41) is 9.15. The second-order valence-corrected chi connectivity index (χ2v) is 5.50. The lowest BCUT2D eigenvalue weighted by Gasteiger charge is -2.08. The van der Waals surface area contributed by atoms with Crippen molar-refractivity contribution in [3.63, 3.8) is 0 Å². The molecule has 0 aliphatic heterocycles. The smallest absolute Gasteiger partial charge is 0.154 e. The molecule has 0 aliphatic carbocycles. The number of aliphatic hydroxyl groups is 1. The van der Waals surface area contributed by atoms with Crippen molar-refractivity contribution in [1.29, 1.82) is 0 Å². The van der Waals surface area contributed by atoms with Crippen molar-refractivity contribution in [2.45, 2.75) is 96.7 Å². The molecule has 0 aromatic carbocycles. The monoisotopic (exact) mass is 271 g/mol. The Hall–Kier alpha value is -0.0800. The van der Waals surface area contributed by atoms with Gasteiger partial charge in [-0.2, -0.15) is 0 Å². The van der Waals surface area contributed by atoms with Gasteiger partial charge < -0.3 is 9.84 Å². The molecular weight excluding hydrogens is 236 g/mol. The molecule has 0 bridgehead atoms. The fourth-order valence-electron chi connectivity index (χ4n) is 2.25. The van der Waals surface area contributed by atoms with Gasteiger partial charge in [0.2, 0.25) is 0 Å². The fourth-order valence-corrected chi connectivity index (χ4v) is 2.25. The molecule has 0 fully saturated rings. The molecule has 1 atom stereocenters. The predicted octanol–water partition coefficient (Wildman–Crippen LogP) is 5.25. The van der Waals surface area contributed by atoms with Crippen LogP contribution in [0.1, 0.15) is 90.4 Å². The first-order chi connectivity index (χ1) is 9.31. The highest BCUT2D eigenvalue weighted by Gasteiger charge is 1.99. The molecule has 1 radical (unpaired) electrons. The summed E-state index contributed by atoms with van der Waals surface area (Å²) < 4.78 is 5.18. The second kappa shape index (κ2) is 16.0. The van der Waals surface area contributed by atoms with Crippen LogP contribution in [0.2, 0.25) is 0 Å². The molecule has 115 valence electrons. The van der Waals surface area contributed by atoms with Crippen LogP contribution >= 0.6 is 0 Å². The highest BCUT2D eigenvalue weighted by molar-refractivity contribution is 4.49. The lowest BCUT2D eigenvalue weighted by molar-refractivity contribution is -0.0971. The van der Waals surface area contributed by atoms with Crippen LogP contribution < -0.4 is 0 Å². The van der Waals surface area contributed by atoms with Crippen molar-refractivity contribution < 1.29 is 9.84 Å². The van der Waals surface area contributed by atoms with Crippen LogP contribution in [0.4, 0.5) is 0 Å². The van der Waals surface area contributed by atoms with E-state index in [1.54, 1.807) is 0 Å². The Balaban J connectivity index is 2.95. The normalized spacial score (nSPS) is 12.8. The van der Waals surface area contributed by atoms with E-state index >= 15 is 0 Å². The topological polar surface area (TPSA) is 29.5 Å². The van der Waals surface area contributed by atoms with Crippen LogP contribution in [0, 0.1) is 6.92 Å². The SMILES string of the molecule is [CH2]CC(O)OCCCCCCCCCCCCCC. The van der Waals surface area contributed by atoms with Gasteiger partial charge in [0, 0.05) is 6.61 Å². The Morgan fingerprint density at radius 1 is 0.789 bits per heavy atom. The minimum atomic E-state index is -0.660. The number of unbranched alkanes of at least 4 members (excludes halogenated alkanes) is 11. The maximum Gasteiger partial charge on any atom is 0.154 e. The second-order valence-electron chi connectivity index (χ2n) is 5.50. The van der Waals surface area contributed by atoms with Gasteiger partial charge in [0.15, 0.2) is 6.29 Å². The van der Waals surface area contributed by atoms with Crippen molar-refractivity contribution in [1.82, 2.24) is 0 Å². The summed E-state index contributed by atoms with van der Waals surface area (Å²) in [6, 6.07) is 0. The molecule has 0 spiro atoms. The average Bonchev–Trinajstić information content (AvgIpc) is 2.43. The maximum atomic E-state index is 9.15. The molecule has 0 aromatic heterocycles. The van der Waals surface area contributed by atoms with Crippen LogP contribution in [0.25, 0.3) is 0 Å². The van der Waals surface area contributed by atoms with Crippen LogP contribution in [-0.4, -0.2) is 18.0 Å². The van der Waals surface area contributed by atoms with Crippen molar-refractivity contribution in [2.75, 3.05) is 6.61 Å². The Bertz CT molecular complexity index is 159. The van der Waals surface area contributed by atoms with E-state index in [1.165, 1.54) is 70.6 Å². The van der Waals surface area contributed by atoms with E-state index in [0.29, 0.717) is 13.0 Å². The third-order valence-electron chi connectivity index (χ3n) is 3.56. The number of ether oxygens (including phenoxy) is 1. The van der Waals surface area contributed by atoms with Gasteiger partial charge in [-0.15, -0.1) is 0 Å². The molecule has 0 aliphatic rings. The Labute approximate surface area is 120 Å². The fraction of sp³-hybridized carbons (Fsp3) is 0.941. The molecule has 0 rings (SSSR count). The minimum absolute atomic E-state index is 0.443. The van der Waals surface area contributed by atoms with Gasteiger partial charge in [0.05, 0.1) is 0 Å². The first kappa shape index (κ1) is 18.9. The van der Waals surface area contributed by atoms with Gasteiger partial charge in [-0.1, -0.05) is 77.6 Å². The van der Waals surface area contributed by atoms with Gasteiger partial charge in [-0.25, -0.2) is 0 Å². The summed E-state index contributed by atoms with van der Waals surface area (Å²) in [5.74, 6) is 0. The summed E-state index contributed by atoms with van der Waals surface area (Å²) in [5.41, 5.74) is 0. The lowest BCUT2D eigenvalue weighted by Crippen LogP contribution is -2.10. The standard InChI is InChI=1S/C17H35O2/c1-3-5-6-7-8-9-10-11-12-13-14-15-16-19-17(18)4-2/h17-18H,2-16H2,1H3. The van der Waals surface area contributed by atoms with Crippen LogP contribution in [-0.2, 0) is 4.74 Å². The van der Waals surface area contributed by atoms with Gasteiger partial charge in [0.1, 0.15) is 0 Å². The lowest BCUT2D eigenvalue weighted by atomic mass is 10.1. The molecule has 2 nitrogen and oxygen atoms in total. The van der Waals surface area contributed by atoms with Gasteiger partial charge in [0.25, 0.3) is 0 Å². The Morgan fingerprint density at radius 2 is 1.21 bits per heavy atom. The van der Waals surface area contributed by atoms with Crippen molar-refractivity contribution in [3.8, 4) is 0 Å². The number of aliphatic hydroxyl groups excluding tert-OH is 1. The highest BCUT2D eigenvalue weighted by atomic mass is 16.6. The van der Waals surface area contributed by atoms with Crippen LogP contribution in [0.15, 0.2) is 0 Å². The van der Waals surface area contributed by atoms with Crippen molar-refractivity contribution in [3.05, 3.63) is 6.92 Å². The zero-order valence-electron chi connectivity index (χ0n) is 13.0. The van der Waals surface area contributed by atoms with E-state index in [2.05, 4.69) is 13.8 Å². The van der Waals surface area contributed by atoms with Crippen LogP contribution in [0.5, 0.6) is 0 Å². The number of hydrogen-bond donors (Lipinski definition) is 1. The molecule has 2 heteroatoms. The van der Waals surface area contributed by atoms with E-state index in [0.717, 1.165) is 6.42 Å². The third-order valence-corrected chi connectivity index (χ3v) is 3.56. The molecule has 0 aromatic rings. The zero-order valence-corrected chi connectivity index (χ0v) is 13.0. The Kier molecular flexibility index (Phi) is 15.9. The summed E-state index contributed by atoms with van der Waals surface area (Å²) in [6.45, 7) is 6.53. The largest absolute Gasteiger partial charge is 0.368 e. The van der Waals surface area contributed by atoms with E-state index in [9.17, 15) is 0 Å². The summed E-state index contributed by atoms with van der Waals surface area (Å²) >= 11 is 0. The molecular formula is C17H35O2. The first-order valence-electron chi connectivity index (χ1n) is 8.40. The van der Waals surface area contributed by atoms with E-state index in [4.69, 9.17) is 9.84 Å². The maximum absolute atomic E-state index is 9.15. The minimum Gasteiger partial charge on any atom is -0.368 e. The summed E-state index contributed by atoms with van der Waals surface area (Å²) in [6.07, 6.45) is 16.0. The third kappa shape index (κ3) is 15.9. The van der Waals surface area contributed by atoms with Gasteiger partial charge in [-0.05, 0) is 19.8 Å². The zero-order chi connectivity index (χ0) is 14.2. The highest BCUT2D eigenvalue weighted by Crippen LogP contribution is 2.12. The van der Waals surface area contributed by atoms with Gasteiger partial charge in [-0.3, -0.25) is 0 Å².